The molecule has 0 fully saturated rings. The van der Waals surface area contributed by atoms with Crippen LogP contribution in [0.5, 0.6) is 11.5 Å². The quantitative estimate of drug-likeness (QED) is 0.335. The van der Waals surface area contributed by atoms with Gasteiger partial charge in [-0.25, -0.2) is 9.59 Å². The second kappa shape index (κ2) is 8.50. The van der Waals surface area contributed by atoms with Crippen LogP contribution in [0.4, 0.5) is 0 Å². The van der Waals surface area contributed by atoms with Crippen LogP contribution in [-0.4, -0.2) is 11.9 Å². The summed E-state index contributed by atoms with van der Waals surface area (Å²) in [6, 6.07) is 19.0. The van der Waals surface area contributed by atoms with Crippen LogP contribution >= 0.6 is 31.9 Å². The Morgan fingerprint density at radius 2 is 1.07 bits per heavy atom. The molecule has 0 heterocycles. The molecule has 0 saturated heterocycles. The molecule has 0 aliphatic heterocycles. The van der Waals surface area contributed by atoms with Crippen molar-refractivity contribution < 1.29 is 19.1 Å². The molecule has 27 heavy (non-hydrogen) atoms. The van der Waals surface area contributed by atoms with E-state index in [2.05, 4.69) is 31.9 Å². The molecule has 0 aliphatic rings. The maximum absolute atomic E-state index is 12.4. The lowest BCUT2D eigenvalue weighted by atomic mass is 10.2. The van der Waals surface area contributed by atoms with Crippen molar-refractivity contribution in [3.8, 4) is 11.5 Å². The van der Waals surface area contributed by atoms with E-state index in [0.717, 1.165) is 0 Å². The molecule has 0 radical (unpaired) electrons. The van der Waals surface area contributed by atoms with Crippen molar-refractivity contribution in [2.75, 3.05) is 0 Å². The summed E-state index contributed by atoms with van der Waals surface area (Å²) >= 11 is 6.67. The molecule has 0 aromatic heterocycles. The number of carbonyl (C=O) groups excluding carboxylic acids is 2. The number of ether oxygens (including phenoxy) is 2. The smallest absolute Gasteiger partial charge is 0.344 e. The maximum Gasteiger partial charge on any atom is 0.344 e. The van der Waals surface area contributed by atoms with Gasteiger partial charge in [0, 0.05) is 14.5 Å². The number of carbonyl (C=O) groups is 2. The highest BCUT2D eigenvalue weighted by Gasteiger charge is 2.17. The van der Waals surface area contributed by atoms with Gasteiger partial charge in [-0.05, 0) is 75.2 Å². The Hall–Kier alpha value is -2.44. The minimum absolute atomic E-state index is 0.327. The van der Waals surface area contributed by atoms with E-state index in [-0.39, 0.29) is 0 Å². The molecule has 3 aromatic carbocycles. The molecule has 0 atom stereocenters. The molecule has 0 N–H and O–H groups in total. The van der Waals surface area contributed by atoms with Crippen LogP contribution in [-0.2, 0) is 0 Å². The normalized spacial score (nSPS) is 10.3. The Morgan fingerprint density at radius 1 is 0.667 bits per heavy atom. The largest absolute Gasteiger partial charge is 0.422 e. The number of halogens is 2. The predicted octanol–water partition coefficient (Wildman–Crippen LogP) is 5.96. The van der Waals surface area contributed by atoms with Gasteiger partial charge >= 0.3 is 11.9 Å². The number of hydrogen-bond donors (Lipinski definition) is 0. The summed E-state index contributed by atoms with van der Waals surface area (Å²) in [5.74, 6) is -0.346. The van der Waals surface area contributed by atoms with Gasteiger partial charge in [-0.1, -0.05) is 30.3 Å². The average Bonchev–Trinajstić information content (AvgIpc) is 2.65. The third-order valence-corrected chi connectivity index (χ3v) is 5.21. The van der Waals surface area contributed by atoms with Crippen molar-refractivity contribution in [1.82, 2.24) is 0 Å². The van der Waals surface area contributed by atoms with Crippen molar-refractivity contribution in [2.24, 2.45) is 0 Å². The fraction of sp³-hybridized carbons (Fsp3) is 0.0476. The Morgan fingerprint density at radius 3 is 1.48 bits per heavy atom. The highest BCUT2D eigenvalue weighted by molar-refractivity contribution is 9.10. The van der Waals surface area contributed by atoms with E-state index in [9.17, 15) is 9.59 Å². The summed E-state index contributed by atoms with van der Waals surface area (Å²) < 4.78 is 12.3. The lowest BCUT2D eigenvalue weighted by Gasteiger charge is -2.12. The fourth-order valence-electron chi connectivity index (χ4n) is 2.38. The Kier molecular flexibility index (Phi) is 6.08. The molecule has 0 unspecified atom stereocenters. The van der Waals surface area contributed by atoms with E-state index in [1.54, 1.807) is 61.5 Å². The standard InChI is InChI=1S/C21H14Br2O4/c1-13-18(26-20(24)14-7-2-4-9-16(14)22)11-6-12-19(13)27-21(25)15-8-3-5-10-17(15)23/h2-12H,1H3. The summed E-state index contributed by atoms with van der Waals surface area (Å²) in [4.78, 5) is 24.8. The Bertz CT molecular complexity index is 937. The molecule has 4 nitrogen and oxygen atoms in total. The number of esters is 2. The van der Waals surface area contributed by atoms with Crippen LogP contribution < -0.4 is 9.47 Å². The van der Waals surface area contributed by atoms with Gasteiger partial charge < -0.3 is 9.47 Å². The van der Waals surface area contributed by atoms with Gasteiger partial charge in [0.1, 0.15) is 11.5 Å². The van der Waals surface area contributed by atoms with Crippen LogP contribution in [0, 0.1) is 6.92 Å². The molecule has 0 aliphatic carbocycles. The number of hydrogen-bond acceptors (Lipinski definition) is 4. The van der Waals surface area contributed by atoms with Crippen LogP contribution in [0.1, 0.15) is 26.3 Å². The van der Waals surface area contributed by atoms with Gasteiger partial charge in [0.05, 0.1) is 11.1 Å². The molecule has 0 spiro atoms. The van der Waals surface area contributed by atoms with Gasteiger partial charge in [-0.3, -0.25) is 0 Å². The summed E-state index contributed by atoms with van der Waals surface area (Å²) in [5.41, 5.74) is 1.37. The number of rotatable bonds is 4. The predicted molar refractivity (Wildman–Crippen MR) is 109 cm³/mol. The highest BCUT2D eigenvalue weighted by atomic mass is 79.9. The van der Waals surface area contributed by atoms with Gasteiger partial charge in [0.25, 0.3) is 0 Å². The zero-order valence-electron chi connectivity index (χ0n) is 14.2. The van der Waals surface area contributed by atoms with Crippen LogP contribution in [0.25, 0.3) is 0 Å². The number of benzene rings is 3. The van der Waals surface area contributed by atoms with Crippen molar-refractivity contribution in [3.63, 3.8) is 0 Å². The van der Waals surface area contributed by atoms with E-state index < -0.39 is 11.9 Å². The van der Waals surface area contributed by atoms with Crippen molar-refractivity contribution in [3.05, 3.63) is 92.4 Å². The molecular formula is C21H14Br2O4. The second-order valence-electron chi connectivity index (χ2n) is 5.62. The van der Waals surface area contributed by atoms with E-state index in [1.807, 2.05) is 12.1 Å². The monoisotopic (exact) mass is 488 g/mol. The van der Waals surface area contributed by atoms with Gasteiger partial charge in [-0.15, -0.1) is 0 Å². The molecule has 0 bridgehead atoms. The van der Waals surface area contributed by atoms with Crippen LogP contribution in [0.15, 0.2) is 75.7 Å². The topological polar surface area (TPSA) is 52.6 Å². The molecule has 3 rings (SSSR count). The lowest BCUT2D eigenvalue weighted by molar-refractivity contribution is 0.0729. The first-order valence-electron chi connectivity index (χ1n) is 8.00. The van der Waals surface area contributed by atoms with Crippen molar-refractivity contribution >= 4 is 43.8 Å². The summed E-state index contributed by atoms with van der Waals surface area (Å²) in [6.45, 7) is 1.73. The maximum atomic E-state index is 12.4. The second-order valence-corrected chi connectivity index (χ2v) is 7.33. The van der Waals surface area contributed by atoms with E-state index >= 15 is 0 Å². The third kappa shape index (κ3) is 4.46. The third-order valence-electron chi connectivity index (χ3n) is 3.83. The molecule has 6 heteroatoms. The first kappa shape index (κ1) is 19.3. The minimum atomic E-state index is -0.500. The van der Waals surface area contributed by atoms with Crippen LogP contribution in [0.2, 0.25) is 0 Å². The highest BCUT2D eigenvalue weighted by Crippen LogP contribution is 2.30. The zero-order chi connectivity index (χ0) is 19.4. The molecule has 0 saturated carbocycles. The summed E-state index contributed by atoms with van der Waals surface area (Å²) in [7, 11) is 0. The van der Waals surface area contributed by atoms with Gasteiger partial charge in [0.15, 0.2) is 0 Å². The minimum Gasteiger partial charge on any atom is -0.422 e. The van der Waals surface area contributed by atoms with E-state index in [0.29, 0.717) is 37.1 Å². The lowest BCUT2D eigenvalue weighted by Crippen LogP contribution is -2.12. The van der Waals surface area contributed by atoms with Crippen molar-refractivity contribution in [1.29, 1.82) is 0 Å². The molecule has 0 amide bonds. The Labute approximate surface area is 173 Å². The first-order valence-corrected chi connectivity index (χ1v) is 9.59. The average molecular weight is 490 g/mol. The Balaban J connectivity index is 1.82. The first-order chi connectivity index (χ1) is 13.0. The molecule has 136 valence electrons. The summed E-state index contributed by atoms with van der Waals surface area (Å²) in [5, 5.41) is 0. The summed E-state index contributed by atoms with van der Waals surface area (Å²) in [6.07, 6.45) is 0. The zero-order valence-corrected chi connectivity index (χ0v) is 17.4. The molecular weight excluding hydrogens is 476 g/mol. The van der Waals surface area contributed by atoms with Crippen molar-refractivity contribution in [2.45, 2.75) is 6.92 Å². The molecule has 3 aromatic rings. The van der Waals surface area contributed by atoms with Gasteiger partial charge in [0.2, 0.25) is 0 Å². The van der Waals surface area contributed by atoms with E-state index in [4.69, 9.17) is 9.47 Å². The van der Waals surface area contributed by atoms with Gasteiger partial charge in [-0.2, -0.15) is 0 Å². The fourth-order valence-corrected chi connectivity index (χ4v) is 3.27. The van der Waals surface area contributed by atoms with Crippen LogP contribution in [0.3, 0.4) is 0 Å². The van der Waals surface area contributed by atoms with E-state index in [1.165, 1.54) is 0 Å². The SMILES string of the molecule is Cc1c(OC(=O)c2ccccc2Br)cccc1OC(=O)c1ccccc1Br.